The third-order valence-corrected chi connectivity index (χ3v) is 4.39. The largest absolute Gasteiger partial charge is 0.332 e. The van der Waals surface area contributed by atoms with Gasteiger partial charge in [-0.3, -0.25) is 18.5 Å². The van der Waals surface area contributed by atoms with Crippen molar-refractivity contribution in [2.75, 3.05) is 5.43 Å². The normalized spacial score (nSPS) is 11.4. The number of fused-ring (bicyclic) bond motifs is 1. The number of halogens is 1. The van der Waals surface area contributed by atoms with Gasteiger partial charge in [0, 0.05) is 31.2 Å². The molecule has 0 aliphatic carbocycles. The quantitative estimate of drug-likeness (QED) is 0.413. The SMILES string of the molecule is C=C(C)Cn1c(NN=Cc2ccccc2Cl)nc2c1c(=O)n(C)c(=O)n2C. The second-order valence-electron chi connectivity index (χ2n) is 6.25. The zero-order valence-electron chi connectivity index (χ0n) is 15.2. The number of anilines is 1. The van der Waals surface area contributed by atoms with E-state index in [4.69, 9.17) is 11.6 Å². The summed E-state index contributed by atoms with van der Waals surface area (Å²) >= 11 is 6.11. The van der Waals surface area contributed by atoms with Crippen LogP contribution in [0.15, 0.2) is 51.1 Å². The standard InChI is InChI=1S/C18H19ClN6O2/c1-11(2)10-25-14-15(23(3)18(27)24(4)16(14)26)21-17(25)22-20-9-12-7-5-6-8-13(12)19/h5-9H,1,10H2,2-4H3,(H,21,22). The van der Waals surface area contributed by atoms with Crippen LogP contribution in [0.1, 0.15) is 12.5 Å². The van der Waals surface area contributed by atoms with Gasteiger partial charge in [-0.15, -0.1) is 0 Å². The first-order valence-electron chi connectivity index (χ1n) is 8.15. The van der Waals surface area contributed by atoms with E-state index in [2.05, 4.69) is 22.1 Å². The summed E-state index contributed by atoms with van der Waals surface area (Å²) in [6, 6.07) is 7.27. The maximum Gasteiger partial charge on any atom is 0.332 e. The number of allylic oxidation sites excluding steroid dienone is 1. The lowest BCUT2D eigenvalue weighted by Gasteiger charge is -2.08. The molecule has 0 radical (unpaired) electrons. The summed E-state index contributed by atoms with van der Waals surface area (Å²) in [5.74, 6) is 0.328. The van der Waals surface area contributed by atoms with Crippen molar-refractivity contribution >= 4 is 34.9 Å². The minimum absolute atomic E-state index is 0.278. The van der Waals surface area contributed by atoms with Crippen LogP contribution in [0.3, 0.4) is 0 Å². The first kappa shape index (κ1) is 18.7. The van der Waals surface area contributed by atoms with Gasteiger partial charge in [-0.25, -0.2) is 10.2 Å². The molecule has 0 amide bonds. The number of rotatable bonds is 5. The average molecular weight is 387 g/mol. The third kappa shape index (κ3) is 3.43. The smallest absolute Gasteiger partial charge is 0.299 e. The van der Waals surface area contributed by atoms with Crippen LogP contribution in [0.5, 0.6) is 0 Å². The molecule has 9 heteroatoms. The Morgan fingerprint density at radius 2 is 2.00 bits per heavy atom. The summed E-state index contributed by atoms with van der Waals surface area (Å²) in [6.07, 6.45) is 1.56. The van der Waals surface area contributed by atoms with Crippen molar-refractivity contribution in [1.82, 2.24) is 18.7 Å². The Balaban J connectivity index is 2.12. The van der Waals surface area contributed by atoms with Gasteiger partial charge in [-0.1, -0.05) is 42.0 Å². The molecule has 0 saturated heterocycles. The maximum atomic E-state index is 12.6. The van der Waals surface area contributed by atoms with Gasteiger partial charge in [0.1, 0.15) is 0 Å². The summed E-state index contributed by atoms with van der Waals surface area (Å²) in [6.45, 7) is 6.10. The maximum absolute atomic E-state index is 12.6. The summed E-state index contributed by atoms with van der Waals surface area (Å²) in [5.41, 5.74) is 4.10. The predicted molar refractivity (Wildman–Crippen MR) is 108 cm³/mol. The number of benzene rings is 1. The Bertz CT molecular complexity index is 1190. The van der Waals surface area contributed by atoms with Crippen molar-refractivity contribution in [2.45, 2.75) is 13.5 Å². The fraction of sp³-hybridized carbons (Fsp3) is 0.222. The highest BCUT2D eigenvalue weighted by Crippen LogP contribution is 2.17. The molecule has 3 aromatic rings. The second-order valence-corrected chi connectivity index (χ2v) is 6.66. The van der Waals surface area contributed by atoms with Crippen LogP contribution in [-0.2, 0) is 20.6 Å². The molecular weight excluding hydrogens is 368 g/mol. The van der Waals surface area contributed by atoms with E-state index < -0.39 is 11.2 Å². The third-order valence-electron chi connectivity index (χ3n) is 4.05. The highest BCUT2D eigenvalue weighted by Gasteiger charge is 2.18. The average Bonchev–Trinajstić information content (AvgIpc) is 2.97. The topological polar surface area (TPSA) is 86.2 Å². The Morgan fingerprint density at radius 3 is 2.67 bits per heavy atom. The first-order chi connectivity index (χ1) is 12.8. The number of aryl methyl sites for hydroxylation is 1. The number of hydrogen-bond donors (Lipinski definition) is 1. The minimum atomic E-state index is -0.446. The van der Waals surface area contributed by atoms with Crippen LogP contribution < -0.4 is 16.7 Å². The fourth-order valence-corrected chi connectivity index (χ4v) is 2.88. The number of nitrogens with one attached hydrogen (secondary N) is 1. The molecule has 0 unspecified atom stereocenters. The molecule has 0 saturated carbocycles. The molecule has 27 heavy (non-hydrogen) atoms. The monoisotopic (exact) mass is 386 g/mol. The molecule has 1 aromatic carbocycles. The van der Waals surface area contributed by atoms with E-state index in [0.717, 1.165) is 15.7 Å². The zero-order valence-corrected chi connectivity index (χ0v) is 16.0. The Labute approximate surface area is 160 Å². The molecule has 0 bridgehead atoms. The van der Waals surface area contributed by atoms with Crippen molar-refractivity contribution in [3.63, 3.8) is 0 Å². The van der Waals surface area contributed by atoms with Crippen molar-refractivity contribution in [1.29, 1.82) is 0 Å². The predicted octanol–water partition coefficient (Wildman–Crippen LogP) is 2.11. The Morgan fingerprint density at radius 1 is 1.30 bits per heavy atom. The van der Waals surface area contributed by atoms with Gasteiger partial charge < -0.3 is 0 Å². The van der Waals surface area contributed by atoms with Gasteiger partial charge >= 0.3 is 5.69 Å². The van der Waals surface area contributed by atoms with Gasteiger partial charge in [0.05, 0.1) is 6.21 Å². The van der Waals surface area contributed by atoms with Gasteiger partial charge in [-0.05, 0) is 13.0 Å². The molecule has 2 aromatic heterocycles. The van der Waals surface area contributed by atoms with Crippen LogP contribution in [-0.4, -0.2) is 24.9 Å². The van der Waals surface area contributed by atoms with Crippen LogP contribution in [0.2, 0.25) is 5.02 Å². The molecule has 0 fully saturated rings. The lowest BCUT2D eigenvalue weighted by molar-refractivity contribution is 0.702. The van der Waals surface area contributed by atoms with Crippen LogP contribution in [0.25, 0.3) is 11.2 Å². The zero-order chi connectivity index (χ0) is 19.7. The van der Waals surface area contributed by atoms with Crippen LogP contribution in [0.4, 0.5) is 5.95 Å². The molecule has 8 nitrogen and oxygen atoms in total. The fourth-order valence-electron chi connectivity index (χ4n) is 2.70. The van der Waals surface area contributed by atoms with Gasteiger partial charge in [0.25, 0.3) is 5.56 Å². The van der Waals surface area contributed by atoms with Gasteiger partial charge in [0.2, 0.25) is 5.95 Å². The van der Waals surface area contributed by atoms with E-state index in [1.807, 2.05) is 25.1 Å². The van der Waals surface area contributed by atoms with Crippen LogP contribution in [0, 0.1) is 0 Å². The van der Waals surface area contributed by atoms with Crippen molar-refractivity contribution in [3.05, 3.63) is 67.8 Å². The van der Waals surface area contributed by atoms with Crippen LogP contribution >= 0.6 is 11.6 Å². The summed E-state index contributed by atoms with van der Waals surface area (Å²) in [5, 5.41) is 4.74. The van der Waals surface area contributed by atoms with E-state index in [1.165, 1.54) is 11.6 Å². The van der Waals surface area contributed by atoms with Gasteiger partial charge in [0.15, 0.2) is 11.2 Å². The summed E-state index contributed by atoms with van der Waals surface area (Å²) in [7, 11) is 3.00. The number of imidazole rings is 1. The molecule has 2 heterocycles. The molecule has 0 aliphatic rings. The minimum Gasteiger partial charge on any atom is -0.299 e. The number of hydrogen-bond acceptors (Lipinski definition) is 5. The molecule has 0 spiro atoms. The number of nitrogens with zero attached hydrogens (tertiary/aromatic N) is 5. The van der Waals surface area contributed by atoms with Crippen molar-refractivity contribution < 1.29 is 0 Å². The van der Waals surface area contributed by atoms with E-state index in [0.29, 0.717) is 23.0 Å². The van der Waals surface area contributed by atoms with E-state index in [9.17, 15) is 9.59 Å². The first-order valence-corrected chi connectivity index (χ1v) is 8.53. The van der Waals surface area contributed by atoms with E-state index >= 15 is 0 Å². The highest BCUT2D eigenvalue weighted by molar-refractivity contribution is 6.33. The van der Waals surface area contributed by atoms with Crippen molar-refractivity contribution in [3.8, 4) is 0 Å². The van der Waals surface area contributed by atoms with Crippen molar-refractivity contribution in [2.24, 2.45) is 19.2 Å². The molecule has 0 atom stereocenters. The van der Waals surface area contributed by atoms with Gasteiger partial charge in [-0.2, -0.15) is 10.1 Å². The summed E-state index contributed by atoms with van der Waals surface area (Å²) in [4.78, 5) is 29.2. The molecule has 0 aliphatic heterocycles. The lowest BCUT2D eigenvalue weighted by atomic mass is 10.2. The molecule has 1 N–H and O–H groups in total. The number of aromatic nitrogens is 4. The Hall–Kier alpha value is -3.13. The lowest BCUT2D eigenvalue weighted by Crippen LogP contribution is -2.37. The molecule has 140 valence electrons. The summed E-state index contributed by atoms with van der Waals surface area (Å²) < 4.78 is 4.04. The van der Waals surface area contributed by atoms with E-state index in [-0.39, 0.29) is 5.65 Å². The number of hydrazone groups is 1. The highest BCUT2D eigenvalue weighted by atomic mass is 35.5. The molecule has 3 rings (SSSR count). The molecular formula is C18H19ClN6O2. The second kappa shape index (κ2) is 7.24. The Kier molecular flexibility index (Phi) is 5.00. The van der Waals surface area contributed by atoms with E-state index in [1.54, 1.807) is 23.9 Å².